The maximum absolute atomic E-state index is 11.5. The number of nitrogens with one attached hydrogen (secondary N) is 3. The lowest BCUT2D eigenvalue weighted by atomic mass is 10.0. The third-order valence-corrected chi connectivity index (χ3v) is 2.32. The number of carbonyl (C=O) groups is 2. The van der Waals surface area contributed by atoms with Gasteiger partial charge in [-0.25, -0.2) is 9.59 Å². The van der Waals surface area contributed by atoms with Crippen LogP contribution < -0.4 is 10.6 Å². The standard InChI is InChI=1S/C11H18N4O3/c1-7(2)3-9(10(16)17)15-11(18)12-4-8-5-13-14-6-8/h5-7,9H,3-4H2,1-2H3,(H,13,14)(H,16,17)(H2,12,15,18)/t9-/m0/s1. The summed E-state index contributed by atoms with van der Waals surface area (Å²) in [6, 6.07) is -1.36. The fourth-order valence-electron chi connectivity index (χ4n) is 1.46. The van der Waals surface area contributed by atoms with E-state index in [1.54, 1.807) is 12.4 Å². The predicted molar refractivity (Wildman–Crippen MR) is 64.8 cm³/mol. The molecule has 0 fully saturated rings. The molecule has 0 aliphatic heterocycles. The van der Waals surface area contributed by atoms with Crippen molar-refractivity contribution >= 4 is 12.0 Å². The molecule has 100 valence electrons. The topological polar surface area (TPSA) is 107 Å². The molecule has 1 rings (SSSR count). The number of H-pyrrole nitrogens is 1. The Balaban J connectivity index is 2.39. The lowest BCUT2D eigenvalue weighted by Gasteiger charge is -2.16. The molecule has 0 spiro atoms. The van der Waals surface area contributed by atoms with E-state index in [-0.39, 0.29) is 5.92 Å². The summed E-state index contributed by atoms with van der Waals surface area (Å²) < 4.78 is 0. The lowest BCUT2D eigenvalue weighted by Crippen LogP contribution is -2.46. The fraction of sp³-hybridized carbons (Fsp3) is 0.545. The summed E-state index contributed by atoms with van der Waals surface area (Å²) in [5.41, 5.74) is 0.820. The highest BCUT2D eigenvalue weighted by atomic mass is 16.4. The molecule has 0 aliphatic carbocycles. The maximum Gasteiger partial charge on any atom is 0.326 e. The van der Waals surface area contributed by atoms with E-state index in [9.17, 15) is 9.59 Å². The summed E-state index contributed by atoms with van der Waals surface area (Å²) in [6.07, 6.45) is 3.64. The molecule has 0 aromatic carbocycles. The molecule has 1 heterocycles. The molecule has 7 heteroatoms. The van der Waals surface area contributed by atoms with Crippen molar-refractivity contribution in [3.63, 3.8) is 0 Å². The second kappa shape index (κ2) is 6.63. The number of aliphatic carboxylic acids is 1. The van der Waals surface area contributed by atoms with E-state index in [4.69, 9.17) is 5.11 Å². The smallest absolute Gasteiger partial charge is 0.326 e. The van der Waals surface area contributed by atoms with E-state index >= 15 is 0 Å². The molecule has 18 heavy (non-hydrogen) atoms. The first-order chi connectivity index (χ1) is 8.49. The second-order valence-electron chi connectivity index (χ2n) is 4.45. The Morgan fingerprint density at radius 1 is 1.50 bits per heavy atom. The number of urea groups is 1. The average molecular weight is 254 g/mol. The molecular weight excluding hydrogens is 236 g/mol. The van der Waals surface area contributed by atoms with Gasteiger partial charge in [0.15, 0.2) is 0 Å². The van der Waals surface area contributed by atoms with E-state index in [0.717, 1.165) is 5.56 Å². The molecule has 4 N–H and O–H groups in total. The third kappa shape index (κ3) is 4.86. The number of carbonyl (C=O) groups excluding carboxylic acids is 1. The Bertz CT molecular complexity index is 389. The van der Waals surface area contributed by atoms with Crippen molar-refractivity contribution in [2.24, 2.45) is 5.92 Å². The minimum atomic E-state index is -1.03. The summed E-state index contributed by atoms with van der Waals surface area (Å²) in [5, 5.41) is 20.3. The molecule has 0 unspecified atom stereocenters. The highest BCUT2D eigenvalue weighted by Gasteiger charge is 2.20. The molecule has 0 saturated carbocycles. The van der Waals surface area contributed by atoms with Crippen LogP contribution in [0.25, 0.3) is 0 Å². The SMILES string of the molecule is CC(C)C[C@H](NC(=O)NCc1cn[nH]c1)C(=O)O. The van der Waals surface area contributed by atoms with Gasteiger partial charge in [0.2, 0.25) is 0 Å². The normalized spacial score (nSPS) is 12.2. The van der Waals surface area contributed by atoms with Crippen LogP contribution in [0.1, 0.15) is 25.8 Å². The van der Waals surface area contributed by atoms with E-state index in [2.05, 4.69) is 20.8 Å². The number of rotatable bonds is 6. The first kappa shape index (κ1) is 14.0. The van der Waals surface area contributed by atoms with Gasteiger partial charge in [0.1, 0.15) is 6.04 Å². The molecule has 0 radical (unpaired) electrons. The minimum absolute atomic E-state index is 0.195. The minimum Gasteiger partial charge on any atom is -0.480 e. The van der Waals surface area contributed by atoms with Gasteiger partial charge < -0.3 is 15.7 Å². The first-order valence-electron chi connectivity index (χ1n) is 5.74. The Hall–Kier alpha value is -2.05. The van der Waals surface area contributed by atoms with Crippen LogP contribution in [0.15, 0.2) is 12.4 Å². The van der Waals surface area contributed by atoms with E-state index in [0.29, 0.717) is 13.0 Å². The number of aromatic amines is 1. The molecular formula is C11H18N4O3. The highest BCUT2D eigenvalue weighted by Crippen LogP contribution is 2.04. The Morgan fingerprint density at radius 2 is 2.22 bits per heavy atom. The van der Waals surface area contributed by atoms with Crippen LogP contribution in [0.5, 0.6) is 0 Å². The molecule has 1 atom stereocenters. The van der Waals surface area contributed by atoms with Gasteiger partial charge in [0.05, 0.1) is 6.20 Å². The van der Waals surface area contributed by atoms with Crippen LogP contribution in [-0.2, 0) is 11.3 Å². The van der Waals surface area contributed by atoms with Crippen LogP contribution in [0.3, 0.4) is 0 Å². The number of carboxylic acids is 1. The van der Waals surface area contributed by atoms with Gasteiger partial charge in [-0.3, -0.25) is 5.10 Å². The third-order valence-electron chi connectivity index (χ3n) is 2.32. The van der Waals surface area contributed by atoms with Crippen molar-refractivity contribution in [1.29, 1.82) is 0 Å². The van der Waals surface area contributed by atoms with Crippen LogP contribution in [0, 0.1) is 5.92 Å². The number of nitrogens with zero attached hydrogens (tertiary/aromatic N) is 1. The zero-order valence-corrected chi connectivity index (χ0v) is 10.4. The van der Waals surface area contributed by atoms with Crippen molar-refractivity contribution < 1.29 is 14.7 Å². The fourth-order valence-corrected chi connectivity index (χ4v) is 1.46. The second-order valence-corrected chi connectivity index (χ2v) is 4.45. The summed E-state index contributed by atoms with van der Waals surface area (Å²) in [6.45, 7) is 4.11. The summed E-state index contributed by atoms with van der Waals surface area (Å²) in [5.74, 6) is -0.831. The quantitative estimate of drug-likeness (QED) is 0.599. The van der Waals surface area contributed by atoms with Crippen molar-refractivity contribution in [3.05, 3.63) is 18.0 Å². The largest absolute Gasteiger partial charge is 0.480 e. The van der Waals surface area contributed by atoms with Gasteiger partial charge in [0.25, 0.3) is 0 Å². The maximum atomic E-state index is 11.5. The van der Waals surface area contributed by atoms with Crippen LogP contribution in [-0.4, -0.2) is 33.3 Å². The summed E-state index contributed by atoms with van der Waals surface area (Å²) in [4.78, 5) is 22.5. The van der Waals surface area contributed by atoms with Crippen LogP contribution in [0.2, 0.25) is 0 Å². The van der Waals surface area contributed by atoms with Crippen molar-refractivity contribution in [1.82, 2.24) is 20.8 Å². The van der Waals surface area contributed by atoms with Crippen molar-refractivity contribution in [2.75, 3.05) is 0 Å². The predicted octanol–water partition coefficient (Wildman–Crippen LogP) is 0.708. The molecule has 0 aliphatic rings. The molecule has 0 bridgehead atoms. The molecule has 0 saturated heterocycles. The van der Waals surface area contributed by atoms with E-state index in [1.165, 1.54) is 0 Å². The summed E-state index contributed by atoms with van der Waals surface area (Å²) in [7, 11) is 0. The zero-order chi connectivity index (χ0) is 13.5. The summed E-state index contributed by atoms with van der Waals surface area (Å²) >= 11 is 0. The van der Waals surface area contributed by atoms with E-state index in [1.807, 2.05) is 13.8 Å². The number of hydrogen-bond donors (Lipinski definition) is 4. The molecule has 2 amide bonds. The molecule has 7 nitrogen and oxygen atoms in total. The van der Waals surface area contributed by atoms with Crippen molar-refractivity contribution in [2.45, 2.75) is 32.9 Å². The first-order valence-corrected chi connectivity index (χ1v) is 5.74. The number of hydrogen-bond acceptors (Lipinski definition) is 3. The number of carboxylic acid groups (broad SMARTS) is 1. The monoisotopic (exact) mass is 254 g/mol. The Labute approximate surface area is 105 Å². The zero-order valence-electron chi connectivity index (χ0n) is 10.4. The van der Waals surface area contributed by atoms with Gasteiger partial charge in [0, 0.05) is 18.3 Å². The average Bonchev–Trinajstić information content (AvgIpc) is 2.77. The van der Waals surface area contributed by atoms with Gasteiger partial charge >= 0.3 is 12.0 Å². The number of aromatic nitrogens is 2. The molecule has 1 aromatic heterocycles. The van der Waals surface area contributed by atoms with E-state index < -0.39 is 18.0 Å². The van der Waals surface area contributed by atoms with Gasteiger partial charge in [-0.15, -0.1) is 0 Å². The van der Waals surface area contributed by atoms with Gasteiger partial charge in [-0.2, -0.15) is 5.10 Å². The molecule has 1 aromatic rings. The Kier molecular flexibility index (Phi) is 5.16. The van der Waals surface area contributed by atoms with Crippen LogP contribution in [0.4, 0.5) is 4.79 Å². The highest BCUT2D eigenvalue weighted by molar-refractivity contribution is 5.82. The van der Waals surface area contributed by atoms with Gasteiger partial charge in [-0.1, -0.05) is 13.8 Å². The van der Waals surface area contributed by atoms with Gasteiger partial charge in [-0.05, 0) is 12.3 Å². The number of amides is 2. The Morgan fingerprint density at radius 3 is 2.72 bits per heavy atom. The van der Waals surface area contributed by atoms with Crippen molar-refractivity contribution in [3.8, 4) is 0 Å². The lowest BCUT2D eigenvalue weighted by molar-refractivity contribution is -0.139. The van der Waals surface area contributed by atoms with Crippen LogP contribution >= 0.6 is 0 Å².